The molecule has 2 amide bonds. The molecule has 1 aromatic heterocycles. The number of amides is 2. The monoisotopic (exact) mass is 332 g/mol. The van der Waals surface area contributed by atoms with Crippen molar-refractivity contribution in [3.63, 3.8) is 0 Å². The second kappa shape index (κ2) is 6.83. The van der Waals surface area contributed by atoms with Crippen LogP contribution in [0.1, 0.15) is 33.3 Å². The molecule has 0 aliphatic carbocycles. The third kappa shape index (κ3) is 3.90. The van der Waals surface area contributed by atoms with Gasteiger partial charge in [0.2, 0.25) is 0 Å². The first-order valence-electron chi connectivity index (χ1n) is 7.23. The minimum atomic E-state index is -0.694. The molecule has 23 heavy (non-hydrogen) atoms. The zero-order chi connectivity index (χ0) is 17.1. The van der Waals surface area contributed by atoms with Crippen molar-refractivity contribution in [2.45, 2.75) is 33.8 Å². The number of thiophene rings is 1. The average Bonchev–Trinajstić information content (AvgIpc) is 2.73. The van der Waals surface area contributed by atoms with Crippen LogP contribution < -0.4 is 15.8 Å². The summed E-state index contributed by atoms with van der Waals surface area (Å²) >= 11 is 1.34. The number of nitrogens with two attached hydrogens (primary N) is 1. The summed E-state index contributed by atoms with van der Waals surface area (Å²) in [6.07, 6.45) is -0.694. The van der Waals surface area contributed by atoms with Gasteiger partial charge in [-0.25, -0.2) is 0 Å². The van der Waals surface area contributed by atoms with Gasteiger partial charge < -0.3 is 15.8 Å². The largest absolute Gasteiger partial charge is 0.481 e. The molecule has 1 unspecified atom stereocenters. The Labute approximate surface area is 139 Å². The van der Waals surface area contributed by atoms with E-state index in [0.717, 1.165) is 16.0 Å². The lowest BCUT2D eigenvalue weighted by Crippen LogP contribution is -2.30. The van der Waals surface area contributed by atoms with Gasteiger partial charge in [0.25, 0.3) is 11.8 Å². The first-order valence-corrected chi connectivity index (χ1v) is 8.05. The molecule has 122 valence electrons. The lowest BCUT2D eigenvalue weighted by molar-refractivity contribution is -0.122. The quantitative estimate of drug-likeness (QED) is 0.882. The van der Waals surface area contributed by atoms with Crippen LogP contribution in [0.2, 0.25) is 0 Å². The van der Waals surface area contributed by atoms with Crippen molar-refractivity contribution in [1.82, 2.24) is 0 Å². The van der Waals surface area contributed by atoms with Crippen LogP contribution in [0.15, 0.2) is 24.3 Å². The van der Waals surface area contributed by atoms with Crippen LogP contribution in [0, 0.1) is 20.8 Å². The molecule has 2 rings (SSSR count). The van der Waals surface area contributed by atoms with E-state index in [1.54, 1.807) is 13.0 Å². The van der Waals surface area contributed by atoms with Gasteiger partial charge in [-0.05, 0) is 51.0 Å². The maximum Gasteiger partial charge on any atom is 0.265 e. The number of anilines is 1. The van der Waals surface area contributed by atoms with E-state index in [1.165, 1.54) is 11.3 Å². The van der Waals surface area contributed by atoms with Crippen molar-refractivity contribution in [3.8, 4) is 5.75 Å². The number of rotatable bonds is 5. The lowest BCUT2D eigenvalue weighted by atomic mass is 10.1. The van der Waals surface area contributed by atoms with Crippen LogP contribution in [0.3, 0.4) is 0 Å². The van der Waals surface area contributed by atoms with Gasteiger partial charge in [-0.1, -0.05) is 12.1 Å². The van der Waals surface area contributed by atoms with Gasteiger partial charge >= 0.3 is 0 Å². The normalized spacial score (nSPS) is 11.8. The Bertz CT molecular complexity index is 752. The Morgan fingerprint density at radius 2 is 1.96 bits per heavy atom. The van der Waals surface area contributed by atoms with E-state index < -0.39 is 12.0 Å². The minimum absolute atomic E-state index is 0.324. The predicted octanol–water partition coefficient (Wildman–Crippen LogP) is 3.18. The molecule has 0 spiro atoms. The van der Waals surface area contributed by atoms with Crippen molar-refractivity contribution in [2.75, 3.05) is 5.32 Å². The number of carbonyl (C=O) groups excluding carboxylic acids is 2. The SMILES string of the molecule is Cc1cccc(OC(C)C(=O)Nc2sc(C)c(C)c2C(N)=O)c1. The highest BCUT2D eigenvalue weighted by Crippen LogP contribution is 2.32. The molecule has 0 bridgehead atoms. The van der Waals surface area contributed by atoms with Crippen molar-refractivity contribution < 1.29 is 14.3 Å². The Balaban J connectivity index is 2.13. The van der Waals surface area contributed by atoms with Gasteiger partial charge in [-0.2, -0.15) is 0 Å². The second-order valence-corrected chi connectivity index (χ2v) is 6.64. The Morgan fingerprint density at radius 1 is 1.26 bits per heavy atom. The van der Waals surface area contributed by atoms with Crippen molar-refractivity contribution >= 4 is 28.2 Å². The molecule has 1 atom stereocenters. The van der Waals surface area contributed by atoms with E-state index >= 15 is 0 Å². The van der Waals surface area contributed by atoms with Crippen LogP contribution in [-0.4, -0.2) is 17.9 Å². The molecule has 6 heteroatoms. The topological polar surface area (TPSA) is 81.4 Å². The molecule has 0 fully saturated rings. The number of primary amides is 1. The smallest absolute Gasteiger partial charge is 0.265 e. The number of hydrogen-bond donors (Lipinski definition) is 2. The van der Waals surface area contributed by atoms with Crippen molar-refractivity contribution in [3.05, 3.63) is 45.8 Å². The summed E-state index contributed by atoms with van der Waals surface area (Å²) in [4.78, 5) is 24.8. The summed E-state index contributed by atoms with van der Waals surface area (Å²) in [5, 5.41) is 3.21. The third-order valence-electron chi connectivity index (χ3n) is 3.54. The molecular formula is C17H20N2O3S. The first kappa shape index (κ1) is 17.0. The lowest BCUT2D eigenvalue weighted by Gasteiger charge is -2.15. The van der Waals surface area contributed by atoms with Crippen LogP contribution in [0.25, 0.3) is 0 Å². The van der Waals surface area contributed by atoms with Gasteiger partial charge in [0.05, 0.1) is 5.56 Å². The van der Waals surface area contributed by atoms with E-state index in [1.807, 2.05) is 39.0 Å². The second-order valence-electron chi connectivity index (χ2n) is 5.42. The number of ether oxygens (including phenoxy) is 1. The fraction of sp³-hybridized carbons (Fsp3) is 0.294. The highest BCUT2D eigenvalue weighted by molar-refractivity contribution is 7.16. The number of nitrogens with one attached hydrogen (secondary N) is 1. The van der Waals surface area contributed by atoms with Gasteiger partial charge in [-0.15, -0.1) is 11.3 Å². The van der Waals surface area contributed by atoms with Crippen LogP contribution >= 0.6 is 11.3 Å². The summed E-state index contributed by atoms with van der Waals surface area (Å²) in [5.41, 5.74) is 7.62. The summed E-state index contributed by atoms with van der Waals surface area (Å²) in [6, 6.07) is 7.48. The Hall–Kier alpha value is -2.34. The van der Waals surface area contributed by atoms with Gasteiger partial charge in [0, 0.05) is 4.88 Å². The maximum absolute atomic E-state index is 12.3. The minimum Gasteiger partial charge on any atom is -0.481 e. The highest BCUT2D eigenvalue weighted by atomic mass is 32.1. The molecular weight excluding hydrogens is 312 g/mol. The molecule has 0 radical (unpaired) electrons. The molecule has 0 aliphatic rings. The molecule has 2 aromatic rings. The predicted molar refractivity (Wildman–Crippen MR) is 92.2 cm³/mol. The van der Waals surface area contributed by atoms with Crippen molar-refractivity contribution in [2.24, 2.45) is 5.73 Å². The first-order chi connectivity index (χ1) is 10.8. The van der Waals surface area contributed by atoms with E-state index in [-0.39, 0.29) is 5.91 Å². The average molecular weight is 332 g/mol. The molecule has 1 heterocycles. The van der Waals surface area contributed by atoms with Gasteiger partial charge in [0.15, 0.2) is 6.10 Å². The van der Waals surface area contributed by atoms with Crippen LogP contribution in [-0.2, 0) is 4.79 Å². The maximum atomic E-state index is 12.3. The number of carbonyl (C=O) groups is 2. The van der Waals surface area contributed by atoms with Crippen LogP contribution in [0.5, 0.6) is 5.75 Å². The standard InChI is InChI=1S/C17H20N2O3S/c1-9-6-5-7-13(8-9)22-11(3)16(21)19-17-14(15(18)20)10(2)12(4)23-17/h5-8,11H,1-4H3,(H2,18,20)(H,19,21). The Morgan fingerprint density at radius 3 is 2.57 bits per heavy atom. The van der Waals surface area contributed by atoms with E-state index in [2.05, 4.69) is 5.32 Å². The van der Waals surface area contributed by atoms with Crippen molar-refractivity contribution in [1.29, 1.82) is 0 Å². The van der Waals surface area contributed by atoms with E-state index in [9.17, 15) is 9.59 Å². The fourth-order valence-electron chi connectivity index (χ4n) is 2.17. The molecule has 1 aromatic carbocycles. The van der Waals surface area contributed by atoms with Gasteiger partial charge in [-0.3, -0.25) is 9.59 Å². The van der Waals surface area contributed by atoms with E-state index in [4.69, 9.17) is 10.5 Å². The number of benzene rings is 1. The zero-order valence-corrected chi connectivity index (χ0v) is 14.4. The van der Waals surface area contributed by atoms with Gasteiger partial charge in [0.1, 0.15) is 10.8 Å². The zero-order valence-electron chi connectivity index (χ0n) is 13.6. The molecule has 0 aliphatic heterocycles. The summed E-state index contributed by atoms with van der Waals surface area (Å²) in [6.45, 7) is 7.31. The number of hydrogen-bond acceptors (Lipinski definition) is 4. The highest BCUT2D eigenvalue weighted by Gasteiger charge is 2.22. The Kier molecular flexibility index (Phi) is 5.05. The molecule has 5 nitrogen and oxygen atoms in total. The fourth-order valence-corrected chi connectivity index (χ4v) is 3.24. The van der Waals surface area contributed by atoms with E-state index in [0.29, 0.717) is 16.3 Å². The molecule has 0 saturated heterocycles. The number of aryl methyl sites for hydroxylation is 2. The third-order valence-corrected chi connectivity index (χ3v) is 4.66. The summed E-state index contributed by atoms with van der Waals surface area (Å²) in [5.74, 6) is -0.244. The molecule has 3 N–H and O–H groups in total. The van der Waals surface area contributed by atoms with Crippen LogP contribution in [0.4, 0.5) is 5.00 Å². The summed E-state index contributed by atoms with van der Waals surface area (Å²) < 4.78 is 5.64. The molecule has 0 saturated carbocycles. The summed E-state index contributed by atoms with van der Waals surface area (Å²) in [7, 11) is 0.